The van der Waals surface area contributed by atoms with Crippen molar-refractivity contribution in [1.82, 2.24) is 5.43 Å². The molecule has 1 aliphatic rings. The Morgan fingerprint density at radius 3 is 2.64 bits per heavy atom. The monoisotopic (exact) mass is 392 g/mol. The number of carbonyl (C=O) groups excluding carboxylic acids is 1. The van der Waals surface area contributed by atoms with Crippen LogP contribution < -0.4 is 10.2 Å². The molecule has 0 spiro atoms. The van der Waals surface area contributed by atoms with E-state index >= 15 is 0 Å². The van der Waals surface area contributed by atoms with Crippen LogP contribution >= 0.6 is 35.1 Å². The Labute approximate surface area is 160 Å². The third-order valence-electron chi connectivity index (χ3n) is 3.44. The van der Waals surface area contributed by atoms with E-state index in [0.717, 1.165) is 5.56 Å². The number of benzene rings is 2. The number of hydrazone groups is 1. The molecule has 1 heterocycles. The van der Waals surface area contributed by atoms with Gasteiger partial charge >= 0.3 is 0 Å². The number of carbonyl (C=O) groups is 1. The minimum atomic E-state index is -0.325. The molecule has 1 fully saturated rings. The lowest BCUT2D eigenvalue weighted by molar-refractivity contribution is -0.123. The van der Waals surface area contributed by atoms with Crippen molar-refractivity contribution < 1.29 is 9.53 Å². The number of rotatable bonds is 6. The van der Waals surface area contributed by atoms with Crippen molar-refractivity contribution in [3.05, 3.63) is 64.7 Å². The van der Waals surface area contributed by atoms with E-state index in [0.29, 0.717) is 15.4 Å². The van der Waals surface area contributed by atoms with Crippen LogP contribution in [0.2, 0.25) is 5.02 Å². The quantitative estimate of drug-likeness (QED) is 0.586. The number of ether oxygens (including phenoxy) is 1. The predicted octanol–water partition coefficient (Wildman–Crippen LogP) is 4.35. The largest absolute Gasteiger partial charge is 0.484 e. The molecule has 25 heavy (non-hydrogen) atoms. The van der Waals surface area contributed by atoms with E-state index < -0.39 is 0 Å². The standard InChI is InChI=1S/C18H17ClN2O2S2/c19-16-4-2-1-3-14(16)11-20-21-17(22)12-23-15-7-5-13(6-8-15)18-24-9-10-25-18/h1-8,11,18H,9-10,12H2,(H,21,22)/b20-11-. The highest BCUT2D eigenvalue weighted by Gasteiger charge is 2.17. The topological polar surface area (TPSA) is 50.7 Å². The maximum atomic E-state index is 11.8. The van der Waals surface area contributed by atoms with Crippen LogP contribution in [0.15, 0.2) is 53.6 Å². The third-order valence-corrected chi connectivity index (χ3v) is 6.89. The molecule has 2 aromatic rings. The van der Waals surface area contributed by atoms with Gasteiger partial charge in [0.2, 0.25) is 0 Å². The Hall–Kier alpha value is -1.63. The minimum Gasteiger partial charge on any atom is -0.484 e. The van der Waals surface area contributed by atoms with Crippen molar-refractivity contribution in [2.75, 3.05) is 18.1 Å². The number of hydrogen-bond donors (Lipinski definition) is 1. The molecule has 0 radical (unpaired) electrons. The molecule has 4 nitrogen and oxygen atoms in total. The molecule has 0 saturated carbocycles. The third kappa shape index (κ3) is 5.42. The van der Waals surface area contributed by atoms with Crippen molar-refractivity contribution in [3.8, 4) is 5.75 Å². The van der Waals surface area contributed by atoms with Gasteiger partial charge in [0.05, 0.1) is 10.8 Å². The summed E-state index contributed by atoms with van der Waals surface area (Å²) < 4.78 is 6.00. The molecule has 0 aliphatic carbocycles. The Kier molecular flexibility index (Phi) is 6.67. The lowest BCUT2D eigenvalue weighted by Crippen LogP contribution is -2.24. The van der Waals surface area contributed by atoms with Gasteiger partial charge in [-0.25, -0.2) is 5.43 Å². The van der Waals surface area contributed by atoms with E-state index in [1.807, 2.05) is 53.9 Å². The SMILES string of the molecule is O=C(COc1ccc(C2SCCS2)cc1)N/N=C\c1ccccc1Cl. The summed E-state index contributed by atoms with van der Waals surface area (Å²) in [7, 11) is 0. The molecule has 1 amide bonds. The average Bonchev–Trinajstić information content (AvgIpc) is 3.17. The molecule has 130 valence electrons. The summed E-state index contributed by atoms with van der Waals surface area (Å²) in [5.74, 6) is 2.74. The van der Waals surface area contributed by atoms with Crippen LogP contribution in [0.25, 0.3) is 0 Å². The molecule has 1 N–H and O–H groups in total. The van der Waals surface area contributed by atoms with Crippen LogP contribution in [0.5, 0.6) is 5.75 Å². The van der Waals surface area contributed by atoms with Crippen LogP contribution in [0.4, 0.5) is 0 Å². The highest BCUT2D eigenvalue weighted by molar-refractivity contribution is 8.19. The molecule has 0 unspecified atom stereocenters. The van der Waals surface area contributed by atoms with Gasteiger partial charge in [-0.2, -0.15) is 5.10 Å². The Morgan fingerprint density at radius 1 is 1.20 bits per heavy atom. The van der Waals surface area contributed by atoms with E-state index in [-0.39, 0.29) is 12.5 Å². The summed E-state index contributed by atoms with van der Waals surface area (Å²) in [5.41, 5.74) is 4.45. The zero-order valence-corrected chi connectivity index (χ0v) is 15.7. The number of nitrogens with zero attached hydrogens (tertiary/aromatic N) is 1. The lowest BCUT2D eigenvalue weighted by atomic mass is 10.2. The second-order valence-corrected chi connectivity index (χ2v) is 8.38. The number of amides is 1. The van der Waals surface area contributed by atoms with Gasteiger partial charge in [-0.1, -0.05) is 41.9 Å². The van der Waals surface area contributed by atoms with Gasteiger partial charge in [0.25, 0.3) is 5.91 Å². The van der Waals surface area contributed by atoms with Crippen molar-refractivity contribution in [2.24, 2.45) is 5.10 Å². The maximum absolute atomic E-state index is 11.8. The van der Waals surface area contributed by atoms with Crippen molar-refractivity contribution >= 4 is 47.2 Å². The smallest absolute Gasteiger partial charge is 0.277 e. The van der Waals surface area contributed by atoms with Crippen molar-refractivity contribution in [1.29, 1.82) is 0 Å². The second kappa shape index (κ2) is 9.17. The fourth-order valence-corrected chi connectivity index (χ4v) is 5.25. The zero-order valence-electron chi connectivity index (χ0n) is 13.4. The molecular weight excluding hydrogens is 376 g/mol. The van der Waals surface area contributed by atoms with Crippen LogP contribution in [0, 0.1) is 0 Å². The number of halogens is 1. The first-order valence-electron chi connectivity index (χ1n) is 7.75. The van der Waals surface area contributed by atoms with E-state index in [1.54, 1.807) is 6.07 Å². The van der Waals surface area contributed by atoms with Crippen molar-refractivity contribution in [2.45, 2.75) is 4.58 Å². The van der Waals surface area contributed by atoms with Gasteiger partial charge in [-0.05, 0) is 23.8 Å². The Morgan fingerprint density at radius 2 is 1.92 bits per heavy atom. The average molecular weight is 393 g/mol. The lowest BCUT2D eigenvalue weighted by Gasteiger charge is -2.10. The van der Waals surface area contributed by atoms with Gasteiger partial charge < -0.3 is 4.74 Å². The summed E-state index contributed by atoms with van der Waals surface area (Å²) in [6.07, 6.45) is 1.51. The summed E-state index contributed by atoms with van der Waals surface area (Å²) in [4.78, 5) is 11.8. The first kappa shape index (κ1) is 18.2. The molecule has 0 atom stereocenters. The van der Waals surface area contributed by atoms with Crippen LogP contribution in [0.3, 0.4) is 0 Å². The molecule has 2 aromatic carbocycles. The molecule has 1 saturated heterocycles. The number of nitrogens with one attached hydrogen (secondary N) is 1. The molecule has 0 aromatic heterocycles. The predicted molar refractivity (Wildman–Crippen MR) is 107 cm³/mol. The summed E-state index contributed by atoms with van der Waals surface area (Å²) >= 11 is 9.93. The van der Waals surface area contributed by atoms with Gasteiger partial charge in [-0.15, -0.1) is 23.5 Å². The first-order chi connectivity index (χ1) is 12.2. The first-order valence-corrected chi connectivity index (χ1v) is 10.2. The van der Waals surface area contributed by atoms with Crippen molar-refractivity contribution in [3.63, 3.8) is 0 Å². The number of thioether (sulfide) groups is 2. The van der Waals surface area contributed by atoms with Gasteiger partial charge in [0.15, 0.2) is 6.61 Å². The van der Waals surface area contributed by atoms with Gasteiger partial charge in [0, 0.05) is 22.1 Å². The molecule has 7 heteroatoms. The maximum Gasteiger partial charge on any atom is 0.277 e. The fourth-order valence-electron chi connectivity index (χ4n) is 2.21. The van der Waals surface area contributed by atoms with Crippen LogP contribution in [-0.4, -0.2) is 30.2 Å². The normalized spacial score (nSPS) is 14.8. The zero-order chi connectivity index (χ0) is 17.5. The summed E-state index contributed by atoms with van der Waals surface area (Å²) in [5, 5.41) is 4.47. The Balaban J connectivity index is 1.45. The minimum absolute atomic E-state index is 0.0911. The van der Waals surface area contributed by atoms with Crippen LogP contribution in [0.1, 0.15) is 15.7 Å². The fraction of sp³-hybridized carbons (Fsp3) is 0.222. The van der Waals surface area contributed by atoms with E-state index in [4.69, 9.17) is 16.3 Å². The highest BCUT2D eigenvalue weighted by Crippen LogP contribution is 2.45. The molecule has 1 aliphatic heterocycles. The van der Waals surface area contributed by atoms with E-state index in [9.17, 15) is 4.79 Å². The summed E-state index contributed by atoms with van der Waals surface area (Å²) in [6.45, 7) is -0.0911. The number of hydrogen-bond acceptors (Lipinski definition) is 5. The second-order valence-electron chi connectivity index (χ2n) is 5.25. The molecular formula is C18H17ClN2O2S2. The molecule has 0 bridgehead atoms. The molecule has 3 rings (SSSR count). The summed E-state index contributed by atoms with van der Waals surface area (Å²) in [6, 6.07) is 15.2. The van der Waals surface area contributed by atoms with E-state index in [1.165, 1.54) is 23.3 Å². The Bertz CT molecular complexity index is 747. The van der Waals surface area contributed by atoms with E-state index in [2.05, 4.69) is 22.7 Å². The highest BCUT2D eigenvalue weighted by atomic mass is 35.5. The van der Waals surface area contributed by atoms with Gasteiger partial charge in [-0.3, -0.25) is 4.79 Å². The van der Waals surface area contributed by atoms with Crippen LogP contribution in [-0.2, 0) is 4.79 Å². The van der Waals surface area contributed by atoms with Gasteiger partial charge in [0.1, 0.15) is 5.75 Å².